The first-order valence-corrected chi connectivity index (χ1v) is 6.47. The van der Waals surface area contributed by atoms with Gasteiger partial charge in [-0.15, -0.1) is 0 Å². The van der Waals surface area contributed by atoms with E-state index in [0.717, 1.165) is 24.3 Å². The molecule has 0 saturated carbocycles. The lowest BCUT2D eigenvalue weighted by atomic mass is 10.1. The Balaban J connectivity index is 2.40. The molecule has 2 rings (SSSR count). The van der Waals surface area contributed by atoms with Gasteiger partial charge in [-0.05, 0) is 38.4 Å². The van der Waals surface area contributed by atoms with Gasteiger partial charge < -0.3 is 15.4 Å². The van der Waals surface area contributed by atoms with E-state index in [4.69, 9.17) is 10.5 Å². The maximum absolute atomic E-state index is 12.3. The molecule has 0 fully saturated rings. The average molecular weight is 248 g/mol. The molecular formula is C14H20N2O2. The van der Waals surface area contributed by atoms with Gasteiger partial charge in [0.1, 0.15) is 5.75 Å². The second kappa shape index (κ2) is 5.40. The third-order valence-electron chi connectivity index (χ3n) is 3.35. The van der Waals surface area contributed by atoms with E-state index in [2.05, 4.69) is 6.92 Å². The Hall–Kier alpha value is -1.55. The number of benzene rings is 1. The summed E-state index contributed by atoms with van der Waals surface area (Å²) in [4.78, 5) is 14.2. The van der Waals surface area contributed by atoms with Crippen LogP contribution in [0, 0.1) is 0 Å². The van der Waals surface area contributed by atoms with Gasteiger partial charge in [0.15, 0.2) is 6.10 Å². The molecule has 0 aliphatic carbocycles. The van der Waals surface area contributed by atoms with Crippen LogP contribution in [0.3, 0.4) is 0 Å². The number of amides is 1. The van der Waals surface area contributed by atoms with E-state index < -0.39 is 6.10 Å². The highest BCUT2D eigenvalue weighted by atomic mass is 16.5. The van der Waals surface area contributed by atoms with E-state index in [-0.39, 0.29) is 11.9 Å². The predicted molar refractivity (Wildman–Crippen MR) is 71.8 cm³/mol. The molecule has 0 bridgehead atoms. The summed E-state index contributed by atoms with van der Waals surface area (Å²) < 4.78 is 5.62. The molecule has 1 aromatic rings. The molecule has 1 aliphatic heterocycles. The summed E-state index contributed by atoms with van der Waals surface area (Å²) in [5.41, 5.74) is 6.50. The van der Waals surface area contributed by atoms with Crippen LogP contribution in [0.1, 0.15) is 26.7 Å². The zero-order chi connectivity index (χ0) is 13.1. The molecular weight excluding hydrogens is 228 g/mol. The van der Waals surface area contributed by atoms with Crippen LogP contribution < -0.4 is 15.4 Å². The van der Waals surface area contributed by atoms with Crippen molar-refractivity contribution in [3.63, 3.8) is 0 Å². The summed E-state index contributed by atoms with van der Waals surface area (Å²) in [7, 11) is 0. The molecule has 2 atom stereocenters. The number of fused-ring (bicyclic) bond motifs is 1. The van der Waals surface area contributed by atoms with E-state index in [1.54, 1.807) is 6.92 Å². The lowest BCUT2D eigenvalue weighted by molar-refractivity contribution is -0.126. The van der Waals surface area contributed by atoms with Crippen LogP contribution in [0.25, 0.3) is 0 Å². The summed E-state index contributed by atoms with van der Waals surface area (Å²) in [6.45, 7) is 4.45. The number of nitrogens with two attached hydrogens (primary N) is 1. The molecule has 0 spiro atoms. The summed E-state index contributed by atoms with van der Waals surface area (Å²) in [6, 6.07) is 7.82. The van der Waals surface area contributed by atoms with Gasteiger partial charge in [-0.25, -0.2) is 0 Å². The summed E-state index contributed by atoms with van der Waals surface area (Å²) in [6.07, 6.45) is 1.28. The highest BCUT2D eigenvalue weighted by Gasteiger charge is 2.34. The number of carbonyl (C=O) groups is 1. The Morgan fingerprint density at radius 3 is 2.83 bits per heavy atom. The molecule has 4 heteroatoms. The SMILES string of the molecule is CCC(CCN)N1C(=O)C(C)Oc2ccccc21. The maximum Gasteiger partial charge on any atom is 0.268 e. The third-order valence-corrected chi connectivity index (χ3v) is 3.35. The molecule has 0 aromatic heterocycles. The Kier molecular flexibility index (Phi) is 3.87. The Morgan fingerprint density at radius 1 is 1.44 bits per heavy atom. The largest absolute Gasteiger partial charge is 0.479 e. The Morgan fingerprint density at radius 2 is 2.17 bits per heavy atom. The van der Waals surface area contributed by atoms with E-state index >= 15 is 0 Å². The van der Waals surface area contributed by atoms with Crippen LogP contribution in [0.2, 0.25) is 0 Å². The number of carbonyl (C=O) groups excluding carboxylic acids is 1. The Bertz CT molecular complexity index is 434. The number of anilines is 1. The topological polar surface area (TPSA) is 55.6 Å². The van der Waals surface area contributed by atoms with Crippen molar-refractivity contribution in [2.24, 2.45) is 5.73 Å². The van der Waals surface area contributed by atoms with Gasteiger partial charge in [0.25, 0.3) is 5.91 Å². The van der Waals surface area contributed by atoms with Gasteiger partial charge in [0.05, 0.1) is 5.69 Å². The van der Waals surface area contributed by atoms with E-state index in [9.17, 15) is 4.79 Å². The van der Waals surface area contributed by atoms with Crippen LogP contribution in [-0.4, -0.2) is 24.6 Å². The smallest absolute Gasteiger partial charge is 0.268 e. The number of para-hydroxylation sites is 2. The third kappa shape index (κ3) is 2.20. The summed E-state index contributed by atoms with van der Waals surface area (Å²) >= 11 is 0. The molecule has 1 aromatic carbocycles. The van der Waals surface area contributed by atoms with E-state index in [0.29, 0.717) is 6.54 Å². The van der Waals surface area contributed by atoms with Crippen molar-refractivity contribution in [1.82, 2.24) is 0 Å². The number of ether oxygens (including phenoxy) is 1. The fraction of sp³-hybridized carbons (Fsp3) is 0.500. The van der Waals surface area contributed by atoms with Gasteiger partial charge in [0.2, 0.25) is 0 Å². The first kappa shape index (κ1) is 12.9. The second-order valence-electron chi connectivity index (χ2n) is 4.58. The van der Waals surface area contributed by atoms with Crippen molar-refractivity contribution < 1.29 is 9.53 Å². The van der Waals surface area contributed by atoms with Crippen LogP contribution in [-0.2, 0) is 4.79 Å². The van der Waals surface area contributed by atoms with Gasteiger partial charge in [0, 0.05) is 6.04 Å². The van der Waals surface area contributed by atoms with Gasteiger partial charge in [-0.1, -0.05) is 19.1 Å². The minimum absolute atomic E-state index is 0.0222. The molecule has 1 amide bonds. The monoisotopic (exact) mass is 248 g/mol. The minimum atomic E-state index is -0.424. The number of nitrogens with zero attached hydrogens (tertiary/aromatic N) is 1. The quantitative estimate of drug-likeness (QED) is 0.885. The normalized spacial score (nSPS) is 20.3. The van der Waals surface area contributed by atoms with E-state index in [1.807, 2.05) is 29.2 Å². The minimum Gasteiger partial charge on any atom is -0.479 e. The van der Waals surface area contributed by atoms with E-state index in [1.165, 1.54) is 0 Å². The molecule has 0 radical (unpaired) electrons. The standard InChI is InChI=1S/C14H20N2O2/c1-3-11(8-9-15)16-12-6-4-5-7-13(12)18-10(2)14(16)17/h4-7,10-11H,3,8-9,15H2,1-2H3. The molecule has 4 nitrogen and oxygen atoms in total. The number of hydrogen-bond donors (Lipinski definition) is 1. The van der Waals surface area contributed by atoms with Gasteiger partial charge in [-0.3, -0.25) is 4.79 Å². The highest BCUT2D eigenvalue weighted by Crippen LogP contribution is 2.35. The van der Waals surface area contributed by atoms with Gasteiger partial charge in [-0.2, -0.15) is 0 Å². The second-order valence-corrected chi connectivity index (χ2v) is 4.58. The maximum atomic E-state index is 12.3. The van der Waals surface area contributed by atoms with Crippen molar-refractivity contribution >= 4 is 11.6 Å². The first-order valence-electron chi connectivity index (χ1n) is 6.47. The number of rotatable bonds is 4. The molecule has 0 saturated heterocycles. The average Bonchev–Trinajstić information content (AvgIpc) is 2.38. The zero-order valence-electron chi connectivity index (χ0n) is 10.9. The Labute approximate surface area is 108 Å². The molecule has 18 heavy (non-hydrogen) atoms. The predicted octanol–water partition coefficient (Wildman–Crippen LogP) is 1.93. The van der Waals surface area contributed by atoms with Gasteiger partial charge >= 0.3 is 0 Å². The lowest BCUT2D eigenvalue weighted by Crippen LogP contribution is -2.50. The molecule has 2 N–H and O–H groups in total. The van der Waals surface area contributed by atoms with Crippen LogP contribution in [0.15, 0.2) is 24.3 Å². The lowest BCUT2D eigenvalue weighted by Gasteiger charge is -2.38. The molecule has 1 heterocycles. The zero-order valence-corrected chi connectivity index (χ0v) is 10.9. The van der Waals surface area contributed by atoms with Crippen molar-refractivity contribution in [1.29, 1.82) is 0 Å². The van der Waals surface area contributed by atoms with Crippen molar-refractivity contribution in [2.75, 3.05) is 11.4 Å². The molecule has 2 unspecified atom stereocenters. The number of hydrogen-bond acceptors (Lipinski definition) is 3. The summed E-state index contributed by atoms with van der Waals surface area (Å²) in [5, 5.41) is 0. The fourth-order valence-electron chi connectivity index (χ4n) is 2.40. The molecule has 98 valence electrons. The van der Waals surface area contributed by atoms with Crippen molar-refractivity contribution in [2.45, 2.75) is 38.8 Å². The summed E-state index contributed by atoms with van der Waals surface area (Å²) in [5.74, 6) is 0.800. The van der Waals surface area contributed by atoms with Crippen molar-refractivity contribution in [3.05, 3.63) is 24.3 Å². The molecule has 1 aliphatic rings. The highest BCUT2D eigenvalue weighted by molar-refractivity contribution is 6.00. The fourth-order valence-corrected chi connectivity index (χ4v) is 2.40. The van der Waals surface area contributed by atoms with Crippen molar-refractivity contribution in [3.8, 4) is 5.75 Å². The van der Waals surface area contributed by atoms with Crippen LogP contribution >= 0.6 is 0 Å². The van der Waals surface area contributed by atoms with Crippen LogP contribution in [0.4, 0.5) is 5.69 Å². The van der Waals surface area contributed by atoms with Crippen LogP contribution in [0.5, 0.6) is 5.75 Å². The first-order chi connectivity index (χ1) is 8.69.